The molecule has 0 heterocycles. The fourth-order valence-electron chi connectivity index (χ4n) is 2.07. The highest BCUT2D eigenvalue weighted by Crippen LogP contribution is 2.20. The maximum absolute atomic E-state index is 12.3. The highest BCUT2D eigenvalue weighted by Gasteiger charge is 2.37. The van der Waals surface area contributed by atoms with Gasteiger partial charge in [0, 0.05) is 11.2 Å². The topological polar surface area (TPSA) is 99.1 Å². The molecule has 0 saturated carbocycles. The number of ether oxygens (including phenoxy) is 1. The van der Waals surface area contributed by atoms with Crippen molar-refractivity contribution in [3.8, 4) is 5.75 Å². The highest BCUT2D eigenvalue weighted by atomic mass is 16.5. The summed E-state index contributed by atoms with van der Waals surface area (Å²) in [5, 5.41) is 21.4. The molecule has 0 aliphatic heterocycles. The van der Waals surface area contributed by atoms with Gasteiger partial charge in [-0.25, -0.2) is 4.79 Å². The van der Waals surface area contributed by atoms with E-state index in [0.29, 0.717) is 11.4 Å². The van der Waals surface area contributed by atoms with Gasteiger partial charge in [0.1, 0.15) is 11.8 Å². The van der Waals surface area contributed by atoms with Gasteiger partial charge < -0.3 is 20.3 Å². The van der Waals surface area contributed by atoms with Crippen molar-refractivity contribution in [2.24, 2.45) is 0 Å². The van der Waals surface area contributed by atoms with Crippen LogP contribution in [0, 0.1) is 0 Å². The van der Waals surface area contributed by atoms with Crippen molar-refractivity contribution in [3.05, 3.63) is 24.3 Å². The second-order valence-corrected chi connectivity index (χ2v) is 5.74. The maximum Gasteiger partial charge on any atom is 0.408 e. The van der Waals surface area contributed by atoms with Crippen molar-refractivity contribution in [3.63, 3.8) is 0 Å². The number of carbonyl (C=O) groups excluding carboxylic acids is 1. The van der Waals surface area contributed by atoms with Crippen LogP contribution in [-0.4, -0.2) is 52.4 Å². The minimum absolute atomic E-state index is 0.489. The fourth-order valence-corrected chi connectivity index (χ4v) is 2.07. The molecule has 0 aliphatic carbocycles. The second kappa shape index (κ2) is 7.13. The van der Waals surface area contributed by atoms with E-state index in [1.165, 1.54) is 7.11 Å². The molecule has 122 valence electrons. The predicted molar refractivity (Wildman–Crippen MR) is 82.1 cm³/mol. The number of carboxylic acid groups (broad SMARTS) is 1. The monoisotopic (exact) mass is 310 g/mol. The van der Waals surface area contributed by atoms with Crippen LogP contribution >= 0.6 is 0 Å². The smallest absolute Gasteiger partial charge is 0.408 e. The van der Waals surface area contributed by atoms with Crippen LogP contribution in [-0.2, 0) is 4.79 Å². The number of nitrogens with one attached hydrogen (secondary N) is 1. The Bertz CT molecular complexity index is 522. The van der Waals surface area contributed by atoms with Crippen LogP contribution < -0.4 is 10.1 Å². The molecule has 1 atom stereocenters. The van der Waals surface area contributed by atoms with E-state index in [1.54, 1.807) is 45.0 Å². The number of aliphatic hydroxyl groups is 1. The van der Waals surface area contributed by atoms with Crippen LogP contribution in [0.2, 0.25) is 0 Å². The van der Waals surface area contributed by atoms with Crippen molar-refractivity contribution in [2.45, 2.75) is 32.4 Å². The van der Waals surface area contributed by atoms with Crippen LogP contribution in [0.1, 0.15) is 20.8 Å². The van der Waals surface area contributed by atoms with Gasteiger partial charge in [0.2, 0.25) is 5.91 Å². The van der Waals surface area contributed by atoms with Crippen molar-refractivity contribution in [2.75, 3.05) is 19.0 Å². The number of anilines is 1. The Morgan fingerprint density at radius 1 is 1.27 bits per heavy atom. The summed E-state index contributed by atoms with van der Waals surface area (Å²) in [6.45, 7) is 4.37. The van der Waals surface area contributed by atoms with Gasteiger partial charge in [-0.1, -0.05) is 0 Å². The fraction of sp³-hybridized carbons (Fsp3) is 0.467. The molecule has 0 fully saturated rings. The van der Waals surface area contributed by atoms with Gasteiger partial charge in [0.25, 0.3) is 0 Å². The minimum Gasteiger partial charge on any atom is -0.497 e. The highest BCUT2D eigenvalue weighted by molar-refractivity contribution is 5.96. The van der Waals surface area contributed by atoms with E-state index >= 15 is 0 Å². The molecule has 22 heavy (non-hydrogen) atoms. The Morgan fingerprint density at radius 3 is 2.18 bits per heavy atom. The molecule has 0 bridgehead atoms. The van der Waals surface area contributed by atoms with Gasteiger partial charge in [-0.15, -0.1) is 0 Å². The SMILES string of the molecule is COc1ccc(NC(=O)C(CO)N(C(=O)O)C(C)(C)C)cc1. The average Bonchev–Trinajstić information content (AvgIpc) is 2.43. The lowest BCUT2D eigenvalue weighted by Crippen LogP contribution is -2.57. The third-order valence-electron chi connectivity index (χ3n) is 3.07. The Morgan fingerprint density at radius 2 is 1.82 bits per heavy atom. The number of methoxy groups -OCH3 is 1. The lowest BCUT2D eigenvalue weighted by molar-refractivity contribution is -0.124. The van der Waals surface area contributed by atoms with Crippen LogP contribution in [0.5, 0.6) is 5.75 Å². The number of nitrogens with zero attached hydrogens (tertiary/aromatic N) is 1. The van der Waals surface area contributed by atoms with Crippen LogP contribution in [0.25, 0.3) is 0 Å². The summed E-state index contributed by atoms with van der Waals surface area (Å²) in [5.41, 5.74) is -0.334. The molecule has 1 aromatic carbocycles. The number of benzene rings is 1. The number of rotatable bonds is 5. The summed E-state index contributed by atoms with van der Waals surface area (Å²) in [7, 11) is 1.53. The Kier molecular flexibility index (Phi) is 5.76. The number of carbonyl (C=O) groups is 2. The first kappa shape index (κ1) is 17.8. The molecular weight excluding hydrogens is 288 g/mol. The second-order valence-electron chi connectivity index (χ2n) is 5.74. The maximum atomic E-state index is 12.3. The number of hydrogen-bond donors (Lipinski definition) is 3. The zero-order valence-electron chi connectivity index (χ0n) is 13.2. The molecule has 7 heteroatoms. The first-order valence-electron chi connectivity index (χ1n) is 6.78. The zero-order chi connectivity index (χ0) is 16.9. The van der Waals surface area contributed by atoms with E-state index < -0.39 is 30.2 Å². The van der Waals surface area contributed by atoms with E-state index in [9.17, 15) is 19.8 Å². The molecule has 0 radical (unpaired) electrons. The average molecular weight is 310 g/mol. The third kappa shape index (κ3) is 4.36. The third-order valence-corrected chi connectivity index (χ3v) is 3.07. The Hall–Kier alpha value is -2.28. The van der Waals surface area contributed by atoms with Crippen molar-refractivity contribution < 1.29 is 24.5 Å². The molecule has 1 unspecified atom stereocenters. The Balaban J connectivity index is 2.93. The standard InChI is InChI=1S/C15H22N2O5/c1-15(2,3)17(14(20)21)12(9-18)13(19)16-10-5-7-11(22-4)8-6-10/h5-8,12,18H,9H2,1-4H3,(H,16,19)(H,20,21). The number of hydrogen-bond acceptors (Lipinski definition) is 4. The van der Waals surface area contributed by atoms with Crippen molar-refractivity contribution >= 4 is 17.7 Å². The predicted octanol–water partition coefficient (Wildman–Crippen LogP) is 1.77. The summed E-state index contributed by atoms with van der Waals surface area (Å²) in [6.07, 6.45) is -1.27. The van der Waals surface area contributed by atoms with Gasteiger partial charge >= 0.3 is 6.09 Å². The first-order chi connectivity index (χ1) is 10.2. The molecule has 1 aromatic rings. The molecule has 0 aromatic heterocycles. The Labute approximate surface area is 129 Å². The summed E-state index contributed by atoms with van der Waals surface area (Å²) in [5.74, 6) is 0.0450. The zero-order valence-corrected chi connectivity index (χ0v) is 13.2. The minimum atomic E-state index is -1.27. The quantitative estimate of drug-likeness (QED) is 0.770. The molecule has 0 spiro atoms. The van der Waals surface area contributed by atoms with Crippen molar-refractivity contribution in [1.29, 1.82) is 0 Å². The largest absolute Gasteiger partial charge is 0.497 e. The lowest BCUT2D eigenvalue weighted by Gasteiger charge is -2.37. The molecule has 2 amide bonds. The summed E-state index contributed by atoms with van der Waals surface area (Å²) < 4.78 is 5.02. The summed E-state index contributed by atoms with van der Waals surface area (Å²) >= 11 is 0. The first-order valence-corrected chi connectivity index (χ1v) is 6.78. The molecule has 0 aliphatic rings. The van der Waals surface area contributed by atoms with E-state index in [-0.39, 0.29) is 0 Å². The van der Waals surface area contributed by atoms with E-state index in [0.717, 1.165) is 4.90 Å². The van der Waals surface area contributed by atoms with Crippen LogP contribution in [0.4, 0.5) is 10.5 Å². The molecule has 0 saturated heterocycles. The molecule has 7 nitrogen and oxygen atoms in total. The molecular formula is C15H22N2O5. The van der Waals surface area contributed by atoms with Crippen molar-refractivity contribution in [1.82, 2.24) is 4.90 Å². The van der Waals surface area contributed by atoms with Crippen LogP contribution in [0.3, 0.4) is 0 Å². The van der Waals surface area contributed by atoms with Gasteiger partial charge in [0.15, 0.2) is 0 Å². The normalized spacial score (nSPS) is 12.4. The number of aliphatic hydroxyl groups excluding tert-OH is 1. The number of amides is 2. The van der Waals surface area contributed by atoms with Crippen LogP contribution in [0.15, 0.2) is 24.3 Å². The summed E-state index contributed by atoms with van der Waals surface area (Å²) in [4.78, 5) is 24.6. The molecule has 1 rings (SSSR count). The van der Waals surface area contributed by atoms with Gasteiger partial charge in [-0.2, -0.15) is 0 Å². The van der Waals surface area contributed by atoms with E-state index in [2.05, 4.69) is 5.32 Å². The molecule has 3 N–H and O–H groups in total. The van der Waals surface area contributed by atoms with E-state index in [4.69, 9.17) is 4.74 Å². The lowest BCUT2D eigenvalue weighted by atomic mass is 10.0. The van der Waals surface area contributed by atoms with Gasteiger partial charge in [0.05, 0.1) is 13.7 Å². The van der Waals surface area contributed by atoms with Gasteiger partial charge in [-0.05, 0) is 45.0 Å². The summed E-state index contributed by atoms with van der Waals surface area (Å²) in [6, 6.07) is 5.41. The van der Waals surface area contributed by atoms with Gasteiger partial charge in [-0.3, -0.25) is 9.69 Å². The van der Waals surface area contributed by atoms with E-state index in [1.807, 2.05) is 0 Å².